The number of thioether (sulfide) groups is 1. The number of amides is 1. The molecule has 0 saturated heterocycles. The molecule has 160 valence electrons. The SMILES string of the molecule is C=CCn1c(SC(C)C(=O)NC2CCCCC2)nnc1C1COc2ccccc2O1. The van der Waals surface area contributed by atoms with Gasteiger partial charge in [-0.15, -0.1) is 16.8 Å². The first-order chi connectivity index (χ1) is 14.7. The Hall–Kier alpha value is -2.48. The second-order valence-electron chi connectivity index (χ2n) is 7.71. The van der Waals surface area contributed by atoms with Gasteiger partial charge in [0.2, 0.25) is 5.91 Å². The van der Waals surface area contributed by atoms with Crippen molar-refractivity contribution in [3.05, 3.63) is 42.7 Å². The highest BCUT2D eigenvalue weighted by atomic mass is 32.2. The summed E-state index contributed by atoms with van der Waals surface area (Å²) < 4.78 is 13.9. The number of hydrogen-bond donors (Lipinski definition) is 1. The number of benzene rings is 1. The number of rotatable bonds is 7. The number of nitrogens with one attached hydrogen (secondary N) is 1. The zero-order valence-electron chi connectivity index (χ0n) is 17.3. The average molecular weight is 429 g/mol. The Morgan fingerprint density at radius 2 is 2.07 bits per heavy atom. The van der Waals surface area contributed by atoms with Gasteiger partial charge in [0, 0.05) is 12.6 Å². The minimum Gasteiger partial charge on any atom is -0.485 e. The van der Waals surface area contributed by atoms with E-state index in [9.17, 15) is 4.79 Å². The first-order valence-electron chi connectivity index (χ1n) is 10.5. The van der Waals surface area contributed by atoms with Crippen LogP contribution in [-0.4, -0.2) is 38.6 Å². The summed E-state index contributed by atoms with van der Waals surface area (Å²) in [6.07, 6.45) is 7.21. The molecule has 1 aliphatic carbocycles. The van der Waals surface area contributed by atoms with Gasteiger partial charge in [0.1, 0.15) is 6.61 Å². The molecule has 1 aromatic carbocycles. The first-order valence-corrected chi connectivity index (χ1v) is 11.4. The lowest BCUT2D eigenvalue weighted by Gasteiger charge is -2.26. The highest BCUT2D eigenvalue weighted by Crippen LogP contribution is 2.36. The Bertz CT molecular complexity index is 894. The van der Waals surface area contributed by atoms with Gasteiger partial charge in [0.15, 0.2) is 28.6 Å². The third-order valence-electron chi connectivity index (χ3n) is 5.46. The van der Waals surface area contributed by atoms with E-state index in [1.165, 1.54) is 31.0 Å². The summed E-state index contributed by atoms with van der Waals surface area (Å²) in [5, 5.41) is 12.3. The number of para-hydroxylation sites is 2. The van der Waals surface area contributed by atoms with Crippen LogP contribution in [0, 0.1) is 0 Å². The summed E-state index contributed by atoms with van der Waals surface area (Å²) in [6, 6.07) is 7.88. The lowest BCUT2D eigenvalue weighted by molar-refractivity contribution is -0.121. The number of allylic oxidation sites excluding steroid dienone is 1. The molecular formula is C22H28N4O3S. The van der Waals surface area contributed by atoms with E-state index in [1.807, 2.05) is 35.8 Å². The highest BCUT2D eigenvalue weighted by molar-refractivity contribution is 8.00. The third kappa shape index (κ3) is 4.64. The quantitative estimate of drug-likeness (QED) is 0.532. The van der Waals surface area contributed by atoms with Gasteiger partial charge < -0.3 is 14.8 Å². The van der Waals surface area contributed by atoms with E-state index in [0.717, 1.165) is 18.6 Å². The molecule has 8 heteroatoms. The summed E-state index contributed by atoms with van der Waals surface area (Å²) in [7, 11) is 0. The molecule has 1 saturated carbocycles. The van der Waals surface area contributed by atoms with Crippen LogP contribution in [0.1, 0.15) is 51.0 Å². The molecule has 2 unspecified atom stereocenters. The van der Waals surface area contributed by atoms with Crippen LogP contribution in [0.2, 0.25) is 0 Å². The van der Waals surface area contributed by atoms with Gasteiger partial charge in [-0.2, -0.15) is 0 Å². The molecule has 2 heterocycles. The number of carbonyl (C=O) groups excluding carboxylic acids is 1. The molecule has 2 aromatic rings. The van der Waals surface area contributed by atoms with E-state index in [2.05, 4.69) is 22.1 Å². The molecule has 0 radical (unpaired) electrons. The maximum absolute atomic E-state index is 12.7. The molecule has 7 nitrogen and oxygen atoms in total. The fourth-order valence-corrected chi connectivity index (χ4v) is 4.72. The normalized spacial score (nSPS) is 19.8. The Morgan fingerprint density at radius 3 is 2.83 bits per heavy atom. The topological polar surface area (TPSA) is 78.3 Å². The molecule has 0 spiro atoms. The zero-order valence-corrected chi connectivity index (χ0v) is 18.1. The highest BCUT2D eigenvalue weighted by Gasteiger charge is 2.29. The van der Waals surface area contributed by atoms with Crippen molar-refractivity contribution in [2.24, 2.45) is 0 Å². The van der Waals surface area contributed by atoms with Crippen LogP contribution in [-0.2, 0) is 11.3 Å². The van der Waals surface area contributed by atoms with Gasteiger partial charge in [0.05, 0.1) is 5.25 Å². The number of hydrogen-bond acceptors (Lipinski definition) is 6. The Morgan fingerprint density at radius 1 is 1.30 bits per heavy atom. The standard InChI is InChI=1S/C22H28N4O3S/c1-3-13-26-20(19-14-28-17-11-7-8-12-18(17)29-19)24-25-22(26)30-15(2)21(27)23-16-9-5-4-6-10-16/h3,7-8,11-12,15-16,19H,1,4-6,9-10,13-14H2,2H3,(H,23,27). The predicted octanol–water partition coefficient (Wildman–Crippen LogP) is 3.91. The summed E-state index contributed by atoms with van der Waals surface area (Å²) >= 11 is 1.41. The fourth-order valence-electron chi connectivity index (χ4n) is 3.85. The number of carbonyl (C=O) groups is 1. The van der Waals surface area contributed by atoms with Crippen molar-refractivity contribution in [3.8, 4) is 11.5 Å². The van der Waals surface area contributed by atoms with Crippen LogP contribution in [0.5, 0.6) is 11.5 Å². The van der Waals surface area contributed by atoms with Crippen molar-refractivity contribution in [1.29, 1.82) is 0 Å². The molecule has 1 amide bonds. The smallest absolute Gasteiger partial charge is 0.233 e. The van der Waals surface area contributed by atoms with Gasteiger partial charge in [-0.05, 0) is 31.9 Å². The zero-order chi connectivity index (χ0) is 20.9. The number of nitrogens with zero attached hydrogens (tertiary/aromatic N) is 3. The monoisotopic (exact) mass is 428 g/mol. The van der Waals surface area contributed by atoms with Crippen LogP contribution in [0.15, 0.2) is 42.1 Å². The van der Waals surface area contributed by atoms with Crippen molar-refractivity contribution in [1.82, 2.24) is 20.1 Å². The minimum absolute atomic E-state index is 0.0489. The van der Waals surface area contributed by atoms with Gasteiger partial charge in [-0.3, -0.25) is 9.36 Å². The second kappa shape index (κ2) is 9.55. The Labute approximate surface area is 181 Å². The van der Waals surface area contributed by atoms with E-state index in [1.54, 1.807) is 6.08 Å². The van der Waals surface area contributed by atoms with Crippen molar-refractivity contribution in [2.45, 2.75) is 68.1 Å². The maximum atomic E-state index is 12.7. The molecule has 1 N–H and O–H groups in total. The molecule has 4 rings (SSSR count). The lowest BCUT2D eigenvalue weighted by Crippen LogP contribution is -2.40. The Balaban J connectivity index is 1.46. The molecule has 0 bridgehead atoms. The largest absolute Gasteiger partial charge is 0.485 e. The molecule has 1 fully saturated rings. The Kier molecular flexibility index (Phi) is 6.62. The van der Waals surface area contributed by atoms with Crippen LogP contribution in [0.4, 0.5) is 0 Å². The van der Waals surface area contributed by atoms with Crippen molar-refractivity contribution < 1.29 is 14.3 Å². The summed E-state index contributed by atoms with van der Waals surface area (Å²) in [6.45, 7) is 6.65. The van der Waals surface area contributed by atoms with Gasteiger partial charge in [-0.1, -0.05) is 49.2 Å². The molecular weight excluding hydrogens is 400 g/mol. The van der Waals surface area contributed by atoms with Crippen molar-refractivity contribution in [3.63, 3.8) is 0 Å². The number of ether oxygens (including phenoxy) is 2. The average Bonchev–Trinajstić information content (AvgIpc) is 3.16. The molecule has 30 heavy (non-hydrogen) atoms. The predicted molar refractivity (Wildman–Crippen MR) is 116 cm³/mol. The fraction of sp³-hybridized carbons (Fsp3) is 0.500. The van der Waals surface area contributed by atoms with Gasteiger partial charge in [-0.25, -0.2) is 0 Å². The summed E-state index contributed by atoms with van der Waals surface area (Å²) in [5.41, 5.74) is 0. The molecule has 2 atom stereocenters. The lowest BCUT2D eigenvalue weighted by atomic mass is 9.95. The maximum Gasteiger partial charge on any atom is 0.233 e. The molecule has 1 aliphatic heterocycles. The van der Waals surface area contributed by atoms with E-state index < -0.39 is 0 Å². The van der Waals surface area contributed by atoms with E-state index in [0.29, 0.717) is 35.9 Å². The van der Waals surface area contributed by atoms with Crippen LogP contribution >= 0.6 is 11.8 Å². The van der Waals surface area contributed by atoms with E-state index >= 15 is 0 Å². The van der Waals surface area contributed by atoms with Crippen LogP contribution in [0.25, 0.3) is 0 Å². The van der Waals surface area contributed by atoms with Crippen LogP contribution in [0.3, 0.4) is 0 Å². The summed E-state index contributed by atoms with van der Waals surface area (Å²) in [4.78, 5) is 12.7. The molecule has 1 aromatic heterocycles. The van der Waals surface area contributed by atoms with Gasteiger partial charge >= 0.3 is 0 Å². The number of aromatic nitrogens is 3. The van der Waals surface area contributed by atoms with E-state index in [4.69, 9.17) is 9.47 Å². The van der Waals surface area contributed by atoms with Gasteiger partial charge in [0.25, 0.3) is 0 Å². The number of fused-ring (bicyclic) bond motifs is 1. The summed E-state index contributed by atoms with van der Waals surface area (Å²) in [5.74, 6) is 2.14. The first kappa shape index (κ1) is 20.8. The third-order valence-corrected chi connectivity index (χ3v) is 6.54. The van der Waals surface area contributed by atoms with Crippen LogP contribution < -0.4 is 14.8 Å². The van der Waals surface area contributed by atoms with E-state index in [-0.39, 0.29) is 17.3 Å². The van der Waals surface area contributed by atoms with Crippen molar-refractivity contribution in [2.75, 3.05) is 6.61 Å². The van der Waals surface area contributed by atoms with Crippen molar-refractivity contribution >= 4 is 17.7 Å². The minimum atomic E-state index is -0.368. The molecule has 2 aliphatic rings. The second-order valence-corrected chi connectivity index (χ2v) is 9.02.